The molecule has 0 spiro atoms. The first-order chi connectivity index (χ1) is 5.13. The molecule has 0 heterocycles. The van der Waals surface area contributed by atoms with Gasteiger partial charge in [-0.25, -0.2) is 0 Å². The highest BCUT2D eigenvalue weighted by atomic mass is 16.4. The molecule has 0 saturated carbocycles. The zero-order chi connectivity index (χ0) is 8.85. The van der Waals surface area contributed by atoms with Crippen molar-refractivity contribution in [1.82, 2.24) is 5.32 Å². The Balaban J connectivity index is 3.70. The lowest BCUT2D eigenvalue weighted by molar-refractivity contribution is -0.0745. The van der Waals surface area contributed by atoms with Crippen LogP contribution < -0.4 is 5.32 Å². The summed E-state index contributed by atoms with van der Waals surface area (Å²) in [6, 6.07) is 0. The van der Waals surface area contributed by atoms with Crippen LogP contribution in [-0.4, -0.2) is 58.9 Å². The van der Waals surface area contributed by atoms with E-state index in [1.54, 1.807) is 7.05 Å². The summed E-state index contributed by atoms with van der Waals surface area (Å²) in [6.45, 7) is -0.375. The van der Waals surface area contributed by atoms with E-state index in [1.165, 1.54) is 0 Å². The molecule has 0 aliphatic heterocycles. The van der Waals surface area contributed by atoms with Crippen molar-refractivity contribution in [3.05, 3.63) is 0 Å². The van der Waals surface area contributed by atoms with Gasteiger partial charge in [0.25, 0.3) is 0 Å². The van der Waals surface area contributed by atoms with E-state index in [0.29, 0.717) is 0 Å². The number of rotatable bonds is 5. The standard InChI is InChI=1S/C6H15NO4/c1-7-2-4(9)6(11)5(10)3-8/h4-11H,2-3H2,1H3/t4?,5?,6-/m1/s1. The Morgan fingerprint density at radius 3 is 2.09 bits per heavy atom. The third-order valence-electron chi connectivity index (χ3n) is 1.39. The SMILES string of the molecule is CNCC(O)[C@@H](O)C(O)CO. The molecule has 0 amide bonds. The van der Waals surface area contributed by atoms with Gasteiger partial charge in [-0.2, -0.15) is 0 Å². The van der Waals surface area contributed by atoms with E-state index in [9.17, 15) is 0 Å². The van der Waals surface area contributed by atoms with Crippen molar-refractivity contribution >= 4 is 0 Å². The van der Waals surface area contributed by atoms with E-state index in [2.05, 4.69) is 5.32 Å². The lowest BCUT2D eigenvalue weighted by atomic mass is 10.1. The summed E-state index contributed by atoms with van der Waals surface area (Å²) in [4.78, 5) is 0. The van der Waals surface area contributed by atoms with Gasteiger partial charge in [0.2, 0.25) is 0 Å². The number of aliphatic hydroxyl groups is 4. The Labute approximate surface area is 65.3 Å². The molecule has 11 heavy (non-hydrogen) atoms. The molecule has 0 aromatic heterocycles. The fourth-order valence-electron chi connectivity index (χ4n) is 0.694. The average molecular weight is 165 g/mol. The van der Waals surface area contributed by atoms with Crippen LogP contribution in [0.15, 0.2) is 0 Å². The molecule has 2 unspecified atom stereocenters. The van der Waals surface area contributed by atoms with Crippen molar-refractivity contribution in [2.45, 2.75) is 18.3 Å². The quantitative estimate of drug-likeness (QED) is 0.305. The summed E-state index contributed by atoms with van der Waals surface area (Å²) < 4.78 is 0. The Kier molecular flexibility index (Phi) is 5.35. The number of nitrogens with one attached hydrogen (secondary N) is 1. The second-order valence-electron chi connectivity index (χ2n) is 2.37. The van der Waals surface area contributed by atoms with Crippen LogP contribution in [0.5, 0.6) is 0 Å². The number of hydrogen-bond acceptors (Lipinski definition) is 5. The topological polar surface area (TPSA) is 93.0 Å². The highest BCUT2D eigenvalue weighted by Crippen LogP contribution is 1.98. The van der Waals surface area contributed by atoms with Gasteiger partial charge in [0, 0.05) is 6.54 Å². The van der Waals surface area contributed by atoms with Crippen LogP contribution in [0, 0.1) is 0 Å². The van der Waals surface area contributed by atoms with Crippen molar-refractivity contribution in [2.24, 2.45) is 0 Å². The van der Waals surface area contributed by atoms with Gasteiger partial charge in [-0.15, -0.1) is 0 Å². The summed E-state index contributed by atoms with van der Waals surface area (Å²) >= 11 is 0. The van der Waals surface area contributed by atoms with Crippen LogP contribution in [0.3, 0.4) is 0 Å². The van der Waals surface area contributed by atoms with Crippen LogP contribution in [0.25, 0.3) is 0 Å². The molecule has 0 fully saturated rings. The Morgan fingerprint density at radius 2 is 1.73 bits per heavy atom. The lowest BCUT2D eigenvalue weighted by Gasteiger charge is -2.20. The predicted molar refractivity (Wildman–Crippen MR) is 39.0 cm³/mol. The maximum absolute atomic E-state index is 9.04. The molecular formula is C6H15NO4. The maximum Gasteiger partial charge on any atom is 0.109 e. The normalized spacial score (nSPS) is 19.4. The largest absolute Gasteiger partial charge is 0.394 e. The zero-order valence-electron chi connectivity index (χ0n) is 6.44. The first-order valence-corrected chi connectivity index (χ1v) is 3.43. The van der Waals surface area contributed by atoms with Gasteiger partial charge < -0.3 is 25.7 Å². The molecule has 0 aromatic rings. The summed E-state index contributed by atoms with van der Waals surface area (Å²) in [6.07, 6.45) is -3.63. The molecule has 5 N–H and O–H groups in total. The monoisotopic (exact) mass is 165 g/mol. The summed E-state index contributed by atoms with van der Waals surface area (Å²) in [5.74, 6) is 0. The highest BCUT2D eigenvalue weighted by Gasteiger charge is 2.22. The van der Waals surface area contributed by atoms with Crippen molar-refractivity contribution in [3.8, 4) is 0 Å². The van der Waals surface area contributed by atoms with Gasteiger partial charge in [-0.1, -0.05) is 0 Å². The van der Waals surface area contributed by atoms with Crippen molar-refractivity contribution in [1.29, 1.82) is 0 Å². The molecule has 68 valence electrons. The Bertz CT molecular complexity index is 101. The molecule has 0 radical (unpaired) electrons. The van der Waals surface area contributed by atoms with E-state index < -0.39 is 24.9 Å². The first-order valence-electron chi connectivity index (χ1n) is 3.43. The first kappa shape index (κ1) is 10.8. The Morgan fingerprint density at radius 1 is 1.18 bits per heavy atom. The van der Waals surface area contributed by atoms with Crippen LogP contribution >= 0.6 is 0 Å². The highest BCUT2D eigenvalue weighted by molar-refractivity contribution is 4.75. The molecule has 5 heteroatoms. The van der Waals surface area contributed by atoms with Gasteiger partial charge in [0.1, 0.15) is 12.2 Å². The molecule has 0 aliphatic carbocycles. The molecule has 5 nitrogen and oxygen atoms in total. The van der Waals surface area contributed by atoms with Gasteiger partial charge in [0.05, 0.1) is 12.7 Å². The van der Waals surface area contributed by atoms with Crippen LogP contribution in [0.2, 0.25) is 0 Å². The molecule has 0 aliphatic rings. The summed E-state index contributed by atoms with van der Waals surface area (Å²) in [5.41, 5.74) is 0. The molecule has 3 atom stereocenters. The predicted octanol–water partition coefficient (Wildman–Crippen LogP) is -2.72. The van der Waals surface area contributed by atoms with E-state index in [-0.39, 0.29) is 6.54 Å². The van der Waals surface area contributed by atoms with Crippen LogP contribution in [-0.2, 0) is 0 Å². The smallest absolute Gasteiger partial charge is 0.109 e. The van der Waals surface area contributed by atoms with E-state index in [4.69, 9.17) is 20.4 Å². The minimum absolute atomic E-state index is 0.179. The van der Waals surface area contributed by atoms with E-state index in [0.717, 1.165) is 0 Å². The van der Waals surface area contributed by atoms with E-state index >= 15 is 0 Å². The maximum atomic E-state index is 9.04. The molecule has 0 saturated heterocycles. The number of aliphatic hydroxyl groups excluding tert-OH is 4. The summed E-state index contributed by atoms with van der Waals surface area (Å²) in [7, 11) is 1.61. The second kappa shape index (κ2) is 5.45. The molecule has 0 rings (SSSR count). The fourth-order valence-corrected chi connectivity index (χ4v) is 0.694. The molecule has 0 bridgehead atoms. The minimum Gasteiger partial charge on any atom is -0.394 e. The zero-order valence-corrected chi connectivity index (χ0v) is 6.44. The minimum atomic E-state index is -1.30. The summed E-state index contributed by atoms with van der Waals surface area (Å²) in [5, 5.41) is 37.9. The van der Waals surface area contributed by atoms with Crippen molar-refractivity contribution in [3.63, 3.8) is 0 Å². The van der Waals surface area contributed by atoms with Gasteiger partial charge in [0.15, 0.2) is 0 Å². The third kappa shape index (κ3) is 3.64. The van der Waals surface area contributed by atoms with E-state index in [1.807, 2.05) is 0 Å². The average Bonchev–Trinajstić information content (AvgIpc) is 2.02. The van der Waals surface area contributed by atoms with Gasteiger partial charge >= 0.3 is 0 Å². The number of likely N-dealkylation sites (N-methyl/N-ethyl adjacent to an activating group) is 1. The van der Waals surface area contributed by atoms with Crippen molar-refractivity contribution in [2.75, 3.05) is 20.2 Å². The second-order valence-corrected chi connectivity index (χ2v) is 2.37. The van der Waals surface area contributed by atoms with Crippen molar-refractivity contribution < 1.29 is 20.4 Å². The molecular weight excluding hydrogens is 150 g/mol. The van der Waals surface area contributed by atoms with Gasteiger partial charge in [-0.05, 0) is 7.05 Å². The van der Waals surface area contributed by atoms with Gasteiger partial charge in [-0.3, -0.25) is 0 Å². The Hall–Kier alpha value is -0.200. The third-order valence-corrected chi connectivity index (χ3v) is 1.39. The molecule has 0 aromatic carbocycles. The fraction of sp³-hybridized carbons (Fsp3) is 1.00. The number of hydrogen-bond donors (Lipinski definition) is 5. The lowest BCUT2D eigenvalue weighted by Crippen LogP contribution is -2.43. The van der Waals surface area contributed by atoms with Crippen LogP contribution in [0.1, 0.15) is 0 Å². The van der Waals surface area contributed by atoms with Crippen LogP contribution in [0.4, 0.5) is 0 Å².